The molecular weight excluding hydrogens is 153 g/mol. The molecule has 0 fully saturated rings. The summed E-state index contributed by atoms with van der Waals surface area (Å²) in [6.07, 6.45) is 0. The second-order valence-electron chi connectivity index (χ2n) is 1.31. The molecule has 5 heteroatoms. The van der Waals surface area contributed by atoms with E-state index in [0.717, 1.165) is 0 Å². The normalized spacial score (nSPS) is 10.2. The van der Waals surface area contributed by atoms with Gasteiger partial charge in [0.15, 0.2) is 5.09 Å². The highest BCUT2D eigenvalue weighted by Crippen LogP contribution is 2.20. The molecule has 0 spiro atoms. The number of thiol groups is 1. The molecule has 0 unspecified atom stereocenters. The first-order chi connectivity index (χ1) is 4.13. The summed E-state index contributed by atoms with van der Waals surface area (Å²) in [5, 5.41) is -0.676. The van der Waals surface area contributed by atoms with Crippen LogP contribution in [-0.4, -0.2) is 0 Å². The predicted octanol–water partition coefficient (Wildman–Crippen LogP) is 1.99. The zero-order chi connectivity index (χ0) is 7.02. The standard InChI is InChI=1S/C4HF3OS/c5-1-2(6)4(9)8-3(1)7/h9H. The molecule has 1 nitrogen and oxygen atoms in total. The molecule has 0 aliphatic heterocycles. The summed E-state index contributed by atoms with van der Waals surface area (Å²) in [7, 11) is 0. The van der Waals surface area contributed by atoms with Gasteiger partial charge in [0.05, 0.1) is 0 Å². The van der Waals surface area contributed by atoms with Crippen LogP contribution in [0.5, 0.6) is 0 Å². The van der Waals surface area contributed by atoms with Crippen molar-refractivity contribution < 1.29 is 17.6 Å². The van der Waals surface area contributed by atoms with Crippen molar-refractivity contribution in [3.05, 3.63) is 17.6 Å². The number of furan rings is 1. The lowest BCUT2D eigenvalue weighted by molar-refractivity contribution is 0.290. The van der Waals surface area contributed by atoms with Gasteiger partial charge in [0, 0.05) is 0 Å². The van der Waals surface area contributed by atoms with Gasteiger partial charge < -0.3 is 4.42 Å². The molecule has 1 rings (SSSR count). The maximum atomic E-state index is 12.0. The molecule has 50 valence electrons. The monoisotopic (exact) mass is 154 g/mol. The first-order valence-corrected chi connectivity index (χ1v) is 2.40. The van der Waals surface area contributed by atoms with Crippen molar-refractivity contribution in [2.24, 2.45) is 0 Å². The Morgan fingerprint density at radius 3 is 1.78 bits per heavy atom. The lowest BCUT2D eigenvalue weighted by atomic mass is 10.6. The third-order valence-corrected chi connectivity index (χ3v) is 1.03. The minimum atomic E-state index is -1.63. The maximum absolute atomic E-state index is 12.0. The van der Waals surface area contributed by atoms with Crippen LogP contribution < -0.4 is 0 Å². The van der Waals surface area contributed by atoms with E-state index in [1.165, 1.54) is 0 Å². The minimum absolute atomic E-state index is 0.676. The van der Waals surface area contributed by atoms with Crippen LogP contribution in [0.3, 0.4) is 0 Å². The van der Waals surface area contributed by atoms with Crippen molar-refractivity contribution in [2.75, 3.05) is 0 Å². The van der Waals surface area contributed by atoms with E-state index >= 15 is 0 Å². The van der Waals surface area contributed by atoms with Gasteiger partial charge in [0.25, 0.3) is 0 Å². The predicted molar refractivity (Wildman–Crippen MR) is 25.8 cm³/mol. The van der Waals surface area contributed by atoms with Crippen molar-refractivity contribution in [1.29, 1.82) is 0 Å². The van der Waals surface area contributed by atoms with E-state index in [1.54, 1.807) is 0 Å². The Morgan fingerprint density at radius 1 is 1.11 bits per heavy atom. The highest BCUT2D eigenvalue weighted by Gasteiger charge is 2.17. The zero-order valence-electron chi connectivity index (χ0n) is 3.99. The van der Waals surface area contributed by atoms with Gasteiger partial charge in [-0.15, -0.1) is 12.6 Å². The molecule has 0 amide bonds. The summed E-state index contributed by atoms with van der Waals surface area (Å²) < 4.78 is 39.4. The van der Waals surface area contributed by atoms with Crippen molar-refractivity contribution in [1.82, 2.24) is 0 Å². The summed E-state index contributed by atoms with van der Waals surface area (Å²) in [6, 6.07) is -1.57. The molecular formula is C4HF3OS. The molecule has 0 saturated heterocycles. The summed E-state index contributed by atoms with van der Waals surface area (Å²) in [5.41, 5.74) is 0. The van der Waals surface area contributed by atoms with Gasteiger partial charge >= 0.3 is 6.01 Å². The van der Waals surface area contributed by atoms with Gasteiger partial charge in [-0.1, -0.05) is 0 Å². The van der Waals surface area contributed by atoms with Gasteiger partial charge in [-0.05, 0) is 0 Å². The first-order valence-electron chi connectivity index (χ1n) is 1.95. The zero-order valence-corrected chi connectivity index (χ0v) is 4.88. The van der Waals surface area contributed by atoms with Gasteiger partial charge in [-0.25, -0.2) is 0 Å². The van der Waals surface area contributed by atoms with E-state index in [9.17, 15) is 13.2 Å². The average Bonchev–Trinajstić information content (AvgIpc) is 1.98. The fraction of sp³-hybridized carbons (Fsp3) is 0. The Bertz CT molecular complexity index is 209. The van der Waals surface area contributed by atoms with Crippen LogP contribution in [0, 0.1) is 17.6 Å². The first kappa shape index (κ1) is 6.54. The van der Waals surface area contributed by atoms with Crippen LogP contribution in [0.4, 0.5) is 13.2 Å². The van der Waals surface area contributed by atoms with Crippen molar-refractivity contribution in [3.8, 4) is 0 Å². The summed E-state index contributed by atoms with van der Waals surface area (Å²) in [6.45, 7) is 0. The average molecular weight is 154 g/mol. The van der Waals surface area contributed by atoms with Crippen molar-refractivity contribution in [2.45, 2.75) is 5.09 Å². The van der Waals surface area contributed by atoms with Crippen LogP contribution >= 0.6 is 12.6 Å². The molecule has 0 bridgehead atoms. The third-order valence-electron chi connectivity index (χ3n) is 0.739. The Kier molecular flexibility index (Phi) is 1.44. The van der Waals surface area contributed by atoms with E-state index in [-0.39, 0.29) is 0 Å². The maximum Gasteiger partial charge on any atom is 0.318 e. The number of rotatable bonds is 0. The van der Waals surface area contributed by atoms with Gasteiger partial charge in [-0.2, -0.15) is 13.2 Å². The quantitative estimate of drug-likeness (QED) is 0.564. The number of halogens is 3. The molecule has 9 heavy (non-hydrogen) atoms. The lowest BCUT2D eigenvalue weighted by Gasteiger charge is -1.74. The van der Waals surface area contributed by atoms with E-state index in [2.05, 4.69) is 17.0 Å². The highest BCUT2D eigenvalue weighted by molar-refractivity contribution is 7.80. The van der Waals surface area contributed by atoms with E-state index in [0.29, 0.717) is 0 Å². The fourth-order valence-electron chi connectivity index (χ4n) is 0.355. The number of hydrogen-bond donors (Lipinski definition) is 1. The second-order valence-corrected chi connectivity index (χ2v) is 1.72. The van der Waals surface area contributed by atoms with Gasteiger partial charge in [-0.3, -0.25) is 0 Å². The molecule has 0 aliphatic rings. The van der Waals surface area contributed by atoms with Crippen LogP contribution in [0.1, 0.15) is 0 Å². The van der Waals surface area contributed by atoms with Crippen LogP contribution in [-0.2, 0) is 0 Å². The molecule has 0 atom stereocenters. The molecule has 0 aromatic carbocycles. The summed E-state index contributed by atoms with van der Waals surface area (Å²) >= 11 is 3.27. The van der Waals surface area contributed by atoms with E-state index in [4.69, 9.17) is 0 Å². The Labute approximate surface area is 53.9 Å². The molecule has 1 aromatic heterocycles. The van der Waals surface area contributed by atoms with Gasteiger partial charge in [0.1, 0.15) is 0 Å². The molecule has 0 radical (unpaired) electrons. The topological polar surface area (TPSA) is 13.1 Å². The van der Waals surface area contributed by atoms with Crippen molar-refractivity contribution >= 4 is 12.6 Å². The number of hydrogen-bond acceptors (Lipinski definition) is 2. The van der Waals surface area contributed by atoms with Gasteiger partial charge in [0.2, 0.25) is 11.6 Å². The highest BCUT2D eigenvalue weighted by atomic mass is 32.1. The minimum Gasteiger partial charge on any atom is -0.419 e. The smallest absolute Gasteiger partial charge is 0.318 e. The van der Waals surface area contributed by atoms with Crippen LogP contribution in [0.2, 0.25) is 0 Å². The molecule has 1 aromatic rings. The molecule has 0 N–H and O–H groups in total. The summed E-state index contributed by atoms with van der Waals surface area (Å²) in [5.74, 6) is -3.02. The van der Waals surface area contributed by atoms with Crippen LogP contribution in [0.25, 0.3) is 0 Å². The largest absolute Gasteiger partial charge is 0.419 e. The van der Waals surface area contributed by atoms with Crippen molar-refractivity contribution in [3.63, 3.8) is 0 Å². The third kappa shape index (κ3) is 0.917. The fourth-order valence-corrected chi connectivity index (χ4v) is 0.533. The molecule has 1 heterocycles. The Morgan fingerprint density at radius 2 is 1.67 bits per heavy atom. The Balaban J connectivity index is 3.29. The van der Waals surface area contributed by atoms with E-state index in [1.807, 2.05) is 0 Å². The summed E-state index contributed by atoms with van der Waals surface area (Å²) in [4.78, 5) is 0. The second kappa shape index (κ2) is 1.98. The van der Waals surface area contributed by atoms with Crippen LogP contribution in [0.15, 0.2) is 9.51 Å². The molecule has 0 saturated carbocycles. The lowest BCUT2D eigenvalue weighted by Crippen LogP contribution is -1.76. The van der Waals surface area contributed by atoms with E-state index < -0.39 is 22.7 Å². The SMILES string of the molecule is Fc1oc(S)c(F)c1F. The Hall–Kier alpha value is -0.580. The molecule has 0 aliphatic carbocycles.